The monoisotopic (exact) mass is 528 g/mol. The van der Waals surface area contributed by atoms with Crippen LogP contribution in [0.1, 0.15) is 30.9 Å². The molecule has 0 saturated carbocycles. The van der Waals surface area contributed by atoms with Gasteiger partial charge in [-0.1, -0.05) is 42.0 Å². The number of amides is 2. The number of ether oxygens (including phenoxy) is 1. The molecule has 2 amide bonds. The highest BCUT2D eigenvalue weighted by Crippen LogP contribution is 2.16. The fourth-order valence-corrected chi connectivity index (χ4v) is 4.26. The molecule has 1 aromatic heterocycles. The van der Waals surface area contributed by atoms with Gasteiger partial charge in [-0.05, 0) is 62.2 Å². The zero-order chi connectivity index (χ0) is 27.8. The third kappa shape index (κ3) is 7.01. The highest BCUT2D eigenvalue weighted by Gasteiger charge is 2.16. The molecular formula is C30H32N4O5. The number of para-hydroxylation sites is 1. The summed E-state index contributed by atoms with van der Waals surface area (Å²) in [5, 5.41) is 5.97. The molecule has 0 aliphatic carbocycles. The normalized spacial score (nSPS) is 10.8. The molecule has 4 aromatic rings. The van der Waals surface area contributed by atoms with E-state index in [1.54, 1.807) is 48.5 Å². The fourth-order valence-electron chi connectivity index (χ4n) is 4.26. The van der Waals surface area contributed by atoms with Gasteiger partial charge in [0, 0.05) is 25.2 Å². The van der Waals surface area contributed by atoms with Gasteiger partial charge < -0.3 is 15.4 Å². The van der Waals surface area contributed by atoms with E-state index >= 15 is 0 Å². The van der Waals surface area contributed by atoms with Crippen LogP contribution in [-0.4, -0.2) is 27.6 Å². The highest BCUT2D eigenvalue weighted by molar-refractivity contribution is 5.91. The summed E-state index contributed by atoms with van der Waals surface area (Å²) < 4.78 is 7.81. The molecular weight excluding hydrogens is 496 g/mol. The Labute approximate surface area is 226 Å². The Morgan fingerprint density at radius 3 is 2.31 bits per heavy atom. The van der Waals surface area contributed by atoms with Crippen molar-refractivity contribution in [2.75, 3.05) is 11.9 Å². The Hall–Kier alpha value is -4.66. The van der Waals surface area contributed by atoms with Crippen LogP contribution < -0.4 is 26.6 Å². The minimum absolute atomic E-state index is 0.0565. The Morgan fingerprint density at radius 1 is 0.872 bits per heavy atom. The smallest absolute Gasteiger partial charge is 0.331 e. The number of benzene rings is 3. The van der Waals surface area contributed by atoms with Crippen LogP contribution >= 0.6 is 0 Å². The first kappa shape index (κ1) is 27.4. The van der Waals surface area contributed by atoms with Crippen LogP contribution in [0.25, 0.3) is 10.9 Å². The largest absolute Gasteiger partial charge is 0.494 e. The molecule has 39 heavy (non-hydrogen) atoms. The predicted octanol–water partition coefficient (Wildman–Crippen LogP) is 3.61. The molecule has 0 saturated heterocycles. The summed E-state index contributed by atoms with van der Waals surface area (Å²) >= 11 is 0. The number of aryl methyl sites for hydroxylation is 1. The first-order chi connectivity index (χ1) is 18.9. The third-order valence-corrected chi connectivity index (χ3v) is 6.28. The molecule has 202 valence electrons. The lowest BCUT2D eigenvalue weighted by atomic mass is 10.1. The summed E-state index contributed by atoms with van der Waals surface area (Å²) in [5.74, 6) is 0.111. The summed E-state index contributed by atoms with van der Waals surface area (Å²) in [6.07, 6.45) is 0.453. The summed E-state index contributed by atoms with van der Waals surface area (Å²) in [6.45, 7) is 4.61. The van der Waals surface area contributed by atoms with Crippen LogP contribution in [0.5, 0.6) is 5.75 Å². The van der Waals surface area contributed by atoms with Gasteiger partial charge in [0.25, 0.3) is 5.56 Å². The zero-order valence-electron chi connectivity index (χ0n) is 22.1. The van der Waals surface area contributed by atoms with E-state index in [-0.39, 0.29) is 25.4 Å². The summed E-state index contributed by atoms with van der Waals surface area (Å²) in [7, 11) is 0. The van der Waals surface area contributed by atoms with Crippen molar-refractivity contribution in [1.29, 1.82) is 0 Å². The number of aromatic nitrogens is 2. The Morgan fingerprint density at radius 2 is 1.59 bits per heavy atom. The predicted molar refractivity (Wildman–Crippen MR) is 151 cm³/mol. The van der Waals surface area contributed by atoms with Gasteiger partial charge in [-0.15, -0.1) is 0 Å². The number of carbonyl (C=O) groups is 2. The summed E-state index contributed by atoms with van der Waals surface area (Å²) in [5.41, 5.74) is 2.03. The molecule has 0 atom stereocenters. The standard InChI is InChI=1S/C30H32N4O5/c1-3-39-24-16-14-23(15-17-24)32-28(36)20-34-26-8-5-4-7-25(26)29(37)33(30(34)38)18-6-9-27(35)31-19-22-12-10-21(2)11-13-22/h4-5,7-8,10-17H,3,6,9,18-20H2,1-2H3,(H,31,35)(H,32,36). The van der Waals surface area contributed by atoms with E-state index in [4.69, 9.17) is 4.74 Å². The number of hydrogen-bond donors (Lipinski definition) is 2. The maximum Gasteiger partial charge on any atom is 0.331 e. The van der Waals surface area contributed by atoms with Crippen molar-refractivity contribution in [3.05, 3.63) is 105 Å². The maximum atomic E-state index is 13.4. The van der Waals surface area contributed by atoms with Crippen LogP contribution in [0, 0.1) is 6.92 Å². The van der Waals surface area contributed by atoms with Gasteiger partial charge in [-0.2, -0.15) is 0 Å². The second kappa shape index (κ2) is 12.7. The molecule has 0 radical (unpaired) electrons. The molecule has 0 fully saturated rings. The average Bonchev–Trinajstić information content (AvgIpc) is 2.94. The first-order valence-electron chi connectivity index (χ1n) is 12.9. The number of nitrogens with one attached hydrogen (secondary N) is 2. The minimum atomic E-state index is -0.597. The van der Waals surface area contributed by atoms with Crippen molar-refractivity contribution >= 4 is 28.4 Å². The second-order valence-corrected chi connectivity index (χ2v) is 9.21. The average molecular weight is 529 g/mol. The summed E-state index contributed by atoms with van der Waals surface area (Å²) in [4.78, 5) is 51.7. The van der Waals surface area contributed by atoms with E-state index in [1.165, 1.54) is 4.57 Å². The molecule has 9 heteroatoms. The zero-order valence-corrected chi connectivity index (χ0v) is 22.1. The van der Waals surface area contributed by atoms with Crippen molar-refractivity contribution in [3.8, 4) is 5.75 Å². The molecule has 0 spiro atoms. The van der Waals surface area contributed by atoms with E-state index in [0.29, 0.717) is 41.9 Å². The van der Waals surface area contributed by atoms with Crippen LogP contribution in [0.2, 0.25) is 0 Å². The maximum absolute atomic E-state index is 13.4. The third-order valence-electron chi connectivity index (χ3n) is 6.28. The lowest BCUT2D eigenvalue weighted by Gasteiger charge is -2.14. The molecule has 3 aromatic carbocycles. The molecule has 4 rings (SSSR count). The number of hydrogen-bond acceptors (Lipinski definition) is 5. The van der Waals surface area contributed by atoms with Gasteiger partial charge in [-0.3, -0.25) is 23.5 Å². The van der Waals surface area contributed by atoms with Gasteiger partial charge >= 0.3 is 5.69 Å². The van der Waals surface area contributed by atoms with Crippen molar-refractivity contribution in [1.82, 2.24) is 14.5 Å². The van der Waals surface area contributed by atoms with Crippen LogP contribution in [0.3, 0.4) is 0 Å². The Kier molecular flexibility index (Phi) is 8.94. The van der Waals surface area contributed by atoms with E-state index in [2.05, 4.69) is 10.6 Å². The number of carbonyl (C=O) groups excluding carboxylic acids is 2. The molecule has 9 nitrogen and oxygen atoms in total. The van der Waals surface area contributed by atoms with Crippen LogP contribution in [-0.2, 0) is 29.2 Å². The topological polar surface area (TPSA) is 111 Å². The number of anilines is 1. The van der Waals surface area contributed by atoms with Crippen LogP contribution in [0.4, 0.5) is 5.69 Å². The van der Waals surface area contributed by atoms with Crippen molar-refractivity contribution in [3.63, 3.8) is 0 Å². The van der Waals surface area contributed by atoms with Crippen LogP contribution in [0.15, 0.2) is 82.4 Å². The van der Waals surface area contributed by atoms with Crippen molar-refractivity contribution in [2.45, 2.75) is 46.3 Å². The van der Waals surface area contributed by atoms with Crippen molar-refractivity contribution < 1.29 is 14.3 Å². The number of fused-ring (bicyclic) bond motifs is 1. The first-order valence-corrected chi connectivity index (χ1v) is 12.9. The molecule has 1 heterocycles. The van der Waals surface area contributed by atoms with Gasteiger partial charge in [0.2, 0.25) is 11.8 Å². The lowest BCUT2D eigenvalue weighted by Crippen LogP contribution is -2.42. The quantitative estimate of drug-likeness (QED) is 0.309. The second-order valence-electron chi connectivity index (χ2n) is 9.21. The molecule has 0 bridgehead atoms. The van der Waals surface area contributed by atoms with E-state index in [0.717, 1.165) is 15.7 Å². The lowest BCUT2D eigenvalue weighted by molar-refractivity contribution is -0.121. The van der Waals surface area contributed by atoms with Gasteiger partial charge in [0.1, 0.15) is 12.3 Å². The number of rotatable bonds is 11. The fraction of sp³-hybridized carbons (Fsp3) is 0.267. The molecule has 2 N–H and O–H groups in total. The van der Waals surface area contributed by atoms with Crippen molar-refractivity contribution in [2.24, 2.45) is 0 Å². The number of nitrogens with zero attached hydrogens (tertiary/aromatic N) is 2. The molecule has 0 aliphatic heterocycles. The SMILES string of the molecule is CCOc1ccc(NC(=O)Cn2c(=O)n(CCCC(=O)NCc3ccc(C)cc3)c(=O)c3ccccc32)cc1. The summed E-state index contributed by atoms with van der Waals surface area (Å²) in [6, 6.07) is 21.5. The Bertz CT molecular complexity index is 1570. The van der Waals surface area contributed by atoms with E-state index in [9.17, 15) is 19.2 Å². The van der Waals surface area contributed by atoms with Gasteiger partial charge in [-0.25, -0.2) is 4.79 Å². The van der Waals surface area contributed by atoms with E-state index < -0.39 is 17.2 Å². The van der Waals surface area contributed by atoms with Gasteiger partial charge in [0.15, 0.2) is 0 Å². The Balaban J connectivity index is 1.45. The molecule has 0 aliphatic rings. The molecule has 0 unspecified atom stereocenters. The highest BCUT2D eigenvalue weighted by atomic mass is 16.5. The van der Waals surface area contributed by atoms with E-state index in [1.807, 2.05) is 38.1 Å². The minimum Gasteiger partial charge on any atom is -0.494 e. The van der Waals surface area contributed by atoms with Gasteiger partial charge in [0.05, 0.1) is 17.5 Å².